The lowest BCUT2D eigenvalue weighted by Crippen LogP contribution is -2.20. The zero-order valence-electron chi connectivity index (χ0n) is 11.2. The van der Waals surface area contributed by atoms with Crippen molar-refractivity contribution in [2.45, 2.75) is 6.92 Å². The molecule has 2 N–H and O–H groups in total. The van der Waals surface area contributed by atoms with E-state index in [0.717, 1.165) is 10.2 Å². The lowest BCUT2D eigenvalue weighted by Gasteiger charge is -2.11. The van der Waals surface area contributed by atoms with E-state index in [2.05, 4.69) is 26.2 Å². The van der Waals surface area contributed by atoms with Crippen LogP contribution in [0.5, 0.6) is 5.75 Å². The summed E-state index contributed by atoms with van der Waals surface area (Å²) >= 11 is 3.34. The molecule has 0 saturated carbocycles. The minimum atomic E-state index is -0.310. The molecule has 0 unspecified atom stereocenters. The molecule has 1 heterocycles. The van der Waals surface area contributed by atoms with Crippen LogP contribution in [0, 0.1) is 12.1 Å². The first kappa shape index (κ1) is 15.3. The number of nitrogens with one attached hydrogen (secondary N) is 2. The van der Waals surface area contributed by atoms with Crippen LogP contribution < -0.4 is 15.5 Å². The maximum atomic E-state index is 11.8. The Hall–Kier alpha value is -2.12. The molecule has 0 spiro atoms. The molecule has 0 aliphatic rings. The summed E-state index contributed by atoms with van der Waals surface area (Å²) in [6, 6.07) is 9.86. The van der Waals surface area contributed by atoms with E-state index in [4.69, 9.17) is 4.74 Å². The third kappa shape index (κ3) is 4.44. The number of halogens is 1. The number of anilines is 2. The molecule has 6 nitrogen and oxygen atoms in total. The molecular weight excluding hydrogens is 338 g/mol. The summed E-state index contributed by atoms with van der Waals surface area (Å²) in [6.07, 6.45) is 0. The predicted octanol–water partition coefficient (Wildman–Crippen LogP) is 3.08. The van der Waals surface area contributed by atoms with E-state index in [1.165, 1.54) is 0 Å². The Kier molecular flexibility index (Phi) is 5.13. The van der Waals surface area contributed by atoms with Crippen LogP contribution in [0.15, 0.2) is 40.9 Å². The highest BCUT2D eigenvalue weighted by molar-refractivity contribution is 9.10. The van der Waals surface area contributed by atoms with E-state index in [-0.39, 0.29) is 12.5 Å². The average Bonchev–Trinajstić information content (AvgIpc) is 2.49. The first-order valence-electron chi connectivity index (χ1n) is 6.12. The number of carbonyl (C=O) groups is 1. The van der Waals surface area contributed by atoms with Crippen molar-refractivity contribution in [1.82, 2.24) is 4.98 Å². The van der Waals surface area contributed by atoms with Gasteiger partial charge < -0.3 is 20.7 Å². The van der Waals surface area contributed by atoms with E-state index < -0.39 is 0 Å². The molecular formula is C14H13BrN3O3-. The quantitative estimate of drug-likeness (QED) is 0.809. The van der Waals surface area contributed by atoms with Crippen molar-refractivity contribution in [3.8, 4) is 5.75 Å². The second-order valence-electron chi connectivity index (χ2n) is 4.23. The van der Waals surface area contributed by atoms with Gasteiger partial charge in [0.25, 0.3) is 5.91 Å². The monoisotopic (exact) mass is 350 g/mol. The average molecular weight is 351 g/mol. The van der Waals surface area contributed by atoms with Crippen molar-refractivity contribution in [3.63, 3.8) is 0 Å². The summed E-state index contributed by atoms with van der Waals surface area (Å²) in [5.74, 6) is 0.662. The molecule has 0 bridgehead atoms. The maximum absolute atomic E-state index is 11.8. The zero-order chi connectivity index (χ0) is 15.2. The number of carbonyl (C=O) groups excluding carboxylic acids is 1. The number of rotatable bonds is 5. The molecule has 0 saturated heterocycles. The van der Waals surface area contributed by atoms with Crippen molar-refractivity contribution in [2.75, 3.05) is 17.4 Å². The molecule has 0 fully saturated rings. The molecule has 21 heavy (non-hydrogen) atoms. The molecule has 0 radical (unpaired) electrons. The Labute approximate surface area is 130 Å². The van der Waals surface area contributed by atoms with Crippen LogP contribution >= 0.6 is 15.9 Å². The SMILES string of the molecule is Cc1nc(NC(=O)COc2ccc(N[O-])cc2)ccc1Br. The fourth-order valence-electron chi connectivity index (χ4n) is 1.56. The van der Waals surface area contributed by atoms with Crippen molar-refractivity contribution < 1.29 is 9.53 Å². The smallest absolute Gasteiger partial charge is 0.263 e. The number of hydrogen-bond donors (Lipinski definition) is 2. The van der Waals surface area contributed by atoms with Gasteiger partial charge in [0.2, 0.25) is 0 Å². The minimum absolute atomic E-state index is 0.138. The number of hydrogen-bond acceptors (Lipinski definition) is 5. The lowest BCUT2D eigenvalue weighted by atomic mass is 10.3. The van der Waals surface area contributed by atoms with Crippen LogP contribution in [0.25, 0.3) is 0 Å². The highest BCUT2D eigenvalue weighted by atomic mass is 79.9. The maximum Gasteiger partial charge on any atom is 0.263 e. The first-order chi connectivity index (χ1) is 10.1. The Morgan fingerprint density at radius 3 is 2.62 bits per heavy atom. The Morgan fingerprint density at radius 1 is 1.29 bits per heavy atom. The van der Waals surface area contributed by atoms with Gasteiger partial charge in [0.05, 0.1) is 5.69 Å². The number of aromatic nitrogens is 1. The van der Waals surface area contributed by atoms with Crippen molar-refractivity contribution in [1.29, 1.82) is 0 Å². The molecule has 1 amide bonds. The molecule has 0 aliphatic heterocycles. The number of pyridine rings is 1. The van der Waals surface area contributed by atoms with E-state index >= 15 is 0 Å². The van der Waals surface area contributed by atoms with Gasteiger partial charge in [-0.05, 0) is 59.3 Å². The van der Waals surface area contributed by atoms with Crippen LogP contribution in [-0.2, 0) is 4.79 Å². The number of aryl methyl sites for hydroxylation is 1. The number of amides is 1. The molecule has 0 aliphatic carbocycles. The van der Waals surface area contributed by atoms with Gasteiger partial charge >= 0.3 is 0 Å². The van der Waals surface area contributed by atoms with Gasteiger partial charge in [0, 0.05) is 10.2 Å². The standard InChI is InChI=1S/C14H13BrN3O3/c1-9-12(15)6-7-13(16-9)17-14(19)8-21-11-4-2-10(18-20)3-5-11/h2-7,18H,8H2,1H3,(H,16,17,19)/q-1. The van der Waals surface area contributed by atoms with Crippen LogP contribution in [0.4, 0.5) is 11.5 Å². The summed E-state index contributed by atoms with van der Waals surface area (Å²) in [6.45, 7) is 1.70. The van der Waals surface area contributed by atoms with Crippen LogP contribution in [-0.4, -0.2) is 17.5 Å². The van der Waals surface area contributed by atoms with Crippen LogP contribution in [0.2, 0.25) is 0 Å². The minimum Gasteiger partial charge on any atom is -0.761 e. The van der Waals surface area contributed by atoms with Gasteiger partial charge in [-0.2, -0.15) is 0 Å². The van der Waals surface area contributed by atoms with Crippen molar-refractivity contribution in [2.24, 2.45) is 0 Å². The Morgan fingerprint density at radius 2 is 2.00 bits per heavy atom. The normalized spacial score (nSPS) is 10.0. The molecule has 1 aromatic heterocycles. The number of nitrogens with zero attached hydrogens (tertiary/aromatic N) is 1. The lowest BCUT2D eigenvalue weighted by molar-refractivity contribution is -0.118. The van der Waals surface area contributed by atoms with Gasteiger partial charge in [0.1, 0.15) is 11.6 Å². The summed E-state index contributed by atoms with van der Waals surface area (Å²) in [5, 5.41) is 13.0. The Bertz CT molecular complexity index is 632. The van der Waals surface area contributed by atoms with Gasteiger partial charge in [-0.25, -0.2) is 4.98 Å². The van der Waals surface area contributed by atoms with Crippen molar-refractivity contribution in [3.05, 3.63) is 51.8 Å². The predicted molar refractivity (Wildman–Crippen MR) is 84.2 cm³/mol. The third-order valence-electron chi connectivity index (χ3n) is 2.63. The summed E-state index contributed by atoms with van der Waals surface area (Å²) < 4.78 is 6.19. The topological polar surface area (TPSA) is 86.3 Å². The summed E-state index contributed by atoms with van der Waals surface area (Å²) in [7, 11) is 0. The van der Waals surface area contributed by atoms with E-state index in [9.17, 15) is 10.0 Å². The Balaban J connectivity index is 1.87. The van der Waals surface area contributed by atoms with Crippen LogP contribution in [0.1, 0.15) is 5.69 Å². The highest BCUT2D eigenvalue weighted by Crippen LogP contribution is 2.17. The fraction of sp³-hybridized carbons (Fsp3) is 0.143. The van der Waals surface area contributed by atoms with Gasteiger partial charge in [-0.3, -0.25) is 4.79 Å². The fourth-order valence-corrected chi connectivity index (χ4v) is 1.78. The largest absolute Gasteiger partial charge is 0.761 e. The van der Waals surface area contributed by atoms with Gasteiger partial charge in [-0.15, -0.1) is 0 Å². The van der Waals surface area contributed by atoms with Crippen LogP contribution in [0.3, 0.4) is 0 Å². The zero-order valence-corrected chi connectivity index (χ0v) is 12.8. The van der Waals surface area contributed by atoms with Gasteiger partial charge in [0.15, 0.2) is 6.61 Å². The first-order valence-corrected chi connectivity index (χ1v) is 6.92. The molecule has 2 rings (SSSR count). The highest BCUT2D eigenvalue weighted by Gasteiger charge is 2.06. The number of benzene rings is 1. The van der Waals surface area contributed by atoms with E-state index in [1.807, 2.05) is 13.0 Å². The van der Waals surface area contributed by atoms with Gasteiger partial charge in [-0.1, -0.05) is 0 Å². The molecule has 2 aromatic rings. The summed E-state index contributed by atoms with van der Waals surface area (Å²) in [4.78, 5) is 16.0. The van der Waals surface area contributed by atoms with E-state index in [1.54, 1.807) is 35.8 Å². The van der Waals surface area contributed by atoms with Crippen molar-refractivity contribution >= 4 is 33.3 Å². The third-order valence-corrected chi connectivity index (χ3v) is 3.47. The molecule has 1 aromatic carbocycles. The van der Waals surface area contributed by atoms with E-state index in [0.29, 0.717) is 17.3 Å². The molecule has 110 valence electrons. The molecule has 7 heteroatoms. The second-order valence-corrected chi connectivity index (χ2v) is 5.08. The summed E-state index contributed by atoms with van der Waals surface area (Å²) in [5.41, 5.74) is 2.98. The number of ether oxygens (including phenoxy) is 1. The second kappa shape index (κ2) is 7.05. The molecule has 0 atom stereocenters.